The first-order valence-electron chi connectivity index (χ1n) is 5.93. The molecule has 1 fully saturated rings. The van der Waals surface area contributed by atoms with Crippen molar-refractivity contribution in [1.29, 1.82) is 0 Å². The van der Waals surface area contributed by atoms with Crippen LogP contribution in [0.25, 0.3) is 0 Å². The van der Waals surface area contributed by atoms with Gasteiger partial charge >= 0.3 is 0 Å². The molecule has 0 spiro atoms. The van der Waals surface area contributed by atoms with Crippen molar-refractivity contribution in [2.45, 2.75) is 18.9 Å². The van der Waals surface area contributed by atoms with Gasteiger partial charge in [-0.1, -0.05) is 17.7 Å². The highest BCUT2D eigenvalue weighted by atomic mass is 35.5. The Hall–Kier alpha value is -1.06. The van der Waals surface area contributed by atoms with Crippen LogP contribution in [0.3, 0.4) is 0 Å². The summed E-state index contributed by atoms with van der Waals surface area (Å²) in [6, 6.07) is 7.55. The minimum absolute atomic E-state index is 0.0763. The second-order valence-electron chi connectivity index (χ2n) is 4.39. The van der Waals surface area contributed by atoms with Gasteiger partial charge in [-0.3, -0.25) is 4.79 Å². The number of likely N-dealkylation sites (tertiary alicyclic amines) is 1. The first kappa shape index (κ1) is 12.4. The van der Waals surface area contributed by atoms with E-state index in [4.69, 9.17) is 11.6 Å². The Morgan fingerprint density at radius 3 is 3.06 bits per heavy atom. The largest absolute Gasteiger partial charge is 0.337 e. The molecule has 0 radical (unpaired) electrons. The molecule has 1 heterocycles. The Balaban J connectivity index is 2.09. The van der Waals surface area contributed by atoms with Crippen LogP contribution < -0.4 is 5.32 Å². The predicted octanol–water partition coefficient (Wildman–Crippen LogP) is 2.16. The SMILES string of the molecule is CNC1CCCN(C(=O)c2cccc(Cl)c2)C1. The van der Waals surface area contributed by atoms with Crippen LogP contribution in [0.2, 0.25) is 5.02 Å². The van der Waals surface area contributed by atoms with Crippen molar-refractivity contribution in [3.63, 3.8) is 0 Å². The quantitative estimate of drug-likeness (QED) is 0.875. The monoisotopic (exact) mass is 252 g/mol. The summed E-state index contributed by atoms with van der Waals surface area (Å²) in [5, 5.41) is 3.84. The van der Waals surface area contributed by atoms with Crippen LogP contribution in [0.15, 0.2) is 24.3 Å². The highest BCUT2D eigenvalue weighted by Gasteiger charge is 2.23. The summed E-state index contributed by atoms with van der Waals surface area (Å²) >= 11 is 5.90. The smallest absolute Gasteiger partial charge is 0.253 e. The first-order valence-corrected chi connectivity index (χ1v) is 6.30. The number of carbonyl (C=O) groups is 1. The van der Waals surface area contributed by atoms with Gasteiger partial charge < -0.3 is 10.2 Å². The van der Waals surface area contributed by atoms with Crippen molar-refractivity contribution in [1.82, 2.24) is 10.2 Å². The minimum atomic E-state index is 0.0763. The molecule has 3 nitrogen and oxygen atoms in total. The fourth-order valence-electron chi connectivity index (χ4n) is 2.20. The Labute approximate surface area is 107 Å². The van der Waals surface area contributed by atoms with Gasteiger partial charge in [0.2, 0.25) is 0 Å². The third kappa shape index (κ3) is 2.99. The second kappa shape index (κ2) is 5.52. The summed E-state index contributed by atoms with van der Waals surface area (Å²) in [5.74, 6) is 0.0763. The molecule has 4 heteroatoms. The lowest BCUT2D eigenvalue weighted by Gasteiger charge is -2.32. The highest BCUT2D eigenvalue weighted by molar-refractivity contribution is 6.30. The van der Waals surface area contributed by atoms with Crippen LogP contribution in [0.4, 0.5) is 0 Å². The predicted molar refractivity (Wildman–Crippen MR) is 69.4 cm³/mol. The van der Waals surface area contributed by atoms with Crippen molar-refractivity contribution in [2.75, 3.05) is 20.1 Å². The van der Waals surface area contributed by atoms with Gasteiger partial charge in [0.15, 0.2) is 0 Å². The van der Waals surface area contributed by atoms with Gasteiger partial charge in [-0.25, -0.2) is 0 Å². The van der Waals surface area contributed by atoms with E-state index in [9.17, 15) is 4.79 Å². The van der Waals surface area contributed by atoms with Crippen molar-refractivity contribution in [3.8, 4) is 0 Å². The molecular formula is C13H17ClN2O. The highest BCUT2D eigenvalue weighted by Crippen LogP contribution is 2.16. The van der Waals surface area contributed by atoms with Gasteiger partial charge in [-0.2, -0.15) is 0 Å². The molecule has 17 heavy (non-hydrogen) atoms. The van der Waals surface area contributed by atoms with E-state index in [-0.39, 0.29) is 5.91 Å². The van der Waals surface area contributed by atoms with E-state index >= 15 is 0 Å². The molecule has 1 atom stereocenters. The van der Waals surface area contributed by atoms with E-state index < -0.39 is 0 Å². The first-order chi connectivity index (χ1) is 8.20. The summed E-state index contributed by atoms with van der Waals surface area (Å²) < 4.78 is 0. The molecule has 92 valence electrons. The van der Waals surface area contributed by atoms with Crippen molar-refractivity contribution in [2.24, 2.45) is 0 Å². The molecule has 2 rings (SSSR count). The molecule has 0 bridgehead atoms. The summed E-state index contributed by atoms with van der Waals surface area (Å²) in [6.45, 7) is 1.62. The maximum Gasteiger partial charge on any atom is 0.253 e. The second-order valence-corrected chi connectivity index (χ2v) is 4.83. The summed E-state index contributed by atoms with van der Waals surface area (Å²) in [6.07, 6.45) is 2.19. The molecule has 1 N–H and O–H groups in total. The molecule has 0 aliphatic carbocycles. The number of halogens is 1. The average molecular weight is 253 g/mol. The van der Waals surface area contributed by atoms with E-state index in [1.807, 2.05) is 24.1 Å². The number of likely N-dealkylation sites (N-methyl/N-ethyl adjacent to an activating group) is 1. The fraction of sp³-hybridized carbons (Fsp3) is 0.462. The van der Waals surface area contributed by atoms with Crippen LogP contribution in [0.5, 0.6) is 0 Å². The number of carbonyl (C=O) groups excluding carboxylic acids is 1. The Morgan fingerprint density at radius 1 is 1.53 bits per heavy atom. The van der Waals surface area contributed by atoms with E-state index in [1.165, 1.54) is 0 Å². The van der Waals surface area contributed by atoms with Crippen LogP contribution in [-0.4, -0.2) is 37.0 Å². The number of hydrogen-bond donors (Lipinski definition) is 1. The topological polar surface area (TPSA) is 32.3 Å². The molecule has 0 aromatic heterocycles. The zero-order valence-electron chi connectivity index (χ0n) is 9.95. The normalized spacial score (nSPS) is 20.4. The van der Waals surface area contributed by atoms with Crippen molar-refractivity contribution >= 4 is 17.5 Å². The zero-order valence-corrected chi connectivity index (χ0v) is 10.7. The van der Waals surface area contributed by atoms with Gasteiger partial charge in [0.25, 0.3) is 5.91 Å². The molecule has 1 aliphatic heterocycles. The number of hydrogen-bond acceptors (Lipinski definition) is 2. The van der Waals surface area contributed by atoms with Crippen LogP contribution in [-0.2, 0) is 0 Å². The maximum atomic E-state index is 12.3. The van der Waals surface area contributed by atoms with Crippen LogP contribution in [0, 0.1) is 0 Å². The maximum absolute atomic E-state index is 12.3. The number of nitrogens with zero attached hydrogens (tertiary/aromatic N) is 1. The molecule has 1 amide bonds. The summed E-state index contributed by atoms with van der Waals surface area (Å²) in [5.41, 5.74) is 0.675. The molecular weight excluding hydrogens is 236 g/mol. The Bertz CT molecular complexity index is 408. The summed E-state index contributed by atoms with van der Waals surface area (Å²) in [4.78, 5) is 14.2. The fourth-order valence-corrected chi connectivity index (χ4v) is 2.39. The van der Waals surface area contributed by atoms with E-state index in [0.29, 0.717) is 16.6 Å². The Morgan fingerprint density at radius 2 is 2.35 bits per heavy atom. The van der Waals surface area contributed by atoms with E-state index in [1.54, 1.807) is 12.1 Å². The lowest BCUT2D eigenvalue weighted by Crippen LogP contribution is -2.46. The minimum Gasteiger partial charge on any atom is -0.337 e. The van der Waals surface area contributed by atoms with Crippen molar-refractivity contribution in [3.05, 3.63) is 34.9 Å². The standard InChI is InChI=1S/C13H17ClN2O/c1-15-12-6-3-7-16(9-12)13(17)10-4-2-5-11(14)8-10/h2,4-5,8,12,15H,3,6-7,9H2,1H3. The number of piperidine rings is 1. The summed E-state index contributed by atoms with van der Waals surface area (Å²) in [7, 11) is 1.94. The van der Waals surface area contributed by atoms with Gasteiger partial charge in [0, 0.05) is 29.7 Å². The lowest BCUT2D eigenvalue weighted by molar-refractivity contribution is 0.0698. The Kier molecular flexibility index (Phi) is 4.02. The van der Waals surface area contributed by atoms with Gasteiger partial charge in [-0.15, -0.1) is 0 Å². The van der Waals surface area contributed by atoms with Crippen molar-refractivity contribution < 1.29 is 4.79 Å². The average Bonchev–Trinajstić information content (AvgIpc) is 2.38. The number of amides is 1. The molecule has 1 aromatic rings. The molecule has 0 saturated carbocycles. The lowest BCUT2D eigenvalue weighted by atomic mass is 10.0. The van der Waals surface area contributed by atoms with E-state index in [0.717, 1.165) is 25.9 Å². The third-order valence-electron chi connectivity index (χ3n) is 3.19. The number of rotatable bonds is 2. The van der Waals surface area contributed by atoms with E-state index in [2.05, 4.69) is 5.32 Å². The molecule has 1 aromatic carbocycles. The third-order valence-corrected chi connectivity index (χ3v) is 3.42. The van der Waals surface area contributed by atoms with Gasteiger partial charge in [0.1, 0.15) is 0 Å². The zero-order chi connectivity index (χ0) is 12.3. The molecule has 1 unspecified atom stereocenters. The van der Waals surface area contributed by atoms with Gasteiger partial charge in [0.05, 0.1) is 0 Å². The van der Waals surface area contributed by atoms with Crippen LogP contribution in [0.1, 0.15) is 23.2 Å². The number of nitrogens with one attached hydrogen (secondary N) is 1. The number of benzene rings is 1. The van der Waals surface area contributed by atoms with Crippen LogP contribution >= 0.6 is 11.6 Å². The van der Waals surface area contributed by atoms with Gasteiger partial charge in [-0.05, 0) is 38.1 Å². The molecule has 1 saturated heterocycles. The molecule has 1 aliphatic rings.